The molecule has 0 aliphatic heterocycles. The van der Waals surface area contributed by atoms with E-state index in [4.69, 9.17) is 0 Å². The van der Waals surface area contributed by atoms with E-state index in [1.807, 2.05) is 19.1 Å². The molecule has 13 heavy (non-hydrogen) atoms. The monoisotopic (exact) mass is 260 g/mol. The number of alkyl halides is 1. The number of aryl methyl sites for hydroxylation is 1. The maximum atomic E-state index is 11.5. The van der Waals surface area contributed by atoms with Crippen LogP contribution in [0.3, 0.4) is 0 Å². The van der Waals surface area contributed by atoms with Crippen molar-refractivity contribution in [1.82, 2.24) is 0 Å². The Morgan fingerprint density at radius 3 is 2.77 bits per heavy atom. The van der Waals surface area contributed by atoms with E-state index in [2.05, 4.69) is 15.9 Å². The summed E-state index contributed by atoms with van der Waals surface area (Å²) in [5.41, 5.74) is 0. The van der Waals surface area contributed by atoms with Gasteiger partial charge in [-0.25, -0.2) is 0 Å². The van der Waals surface area contributed by atoms with Crippen LogP contribution in [0.25, 0.3) is 0 Å². The molecule has 0 fully saturated rings. The van der Waals surface area contributed by atoms with E-state index >= 15 is 0 Å². The number of carbonyl (C=O) groups is 1. The summed E-state index contributed by atoms with van der Waals surface area (Å²) < 4.78 is 0. The number of Topliss-reactive ketones (excluding diaryl/α,β-unsaturated/α-hetero) is 1. The Kier molecular flexibility index (Phi) is 4.67. The molecule has 0 amide bonds. The second-order valence-corrected chi connectivity index (χ2v) is 5.06. The van der Waals surface area contributed by atoms with Crippen LogP contribution in [0, 0.1) is 6.92 Å². The molecular weight excluding hydrogens is 248 g/mol. The van der Waals surface area contributed by atoms with Gasteiger partial charge in [-0.1, -0.05) is 15.9 Å². The summed E-state index contributed by atoms with van der Waals surface area (Å²) in [7, 11) is 0. The van der Waals surface area contributed by atoms with Gasteiger partial charge >= 0.3 is 0 Å². The molecule has 1 heterocycles. The van der Waals surface area contributed by atoms with Crippen LogP contribution in [0.4, 0.5) is 0 Å². The van der Waals surface area contributed by atoms with E-state index in [9.17, 15) is 4.79 Å². The van der Waals surface area contributed by atoms with Gasteiger partial charge in [0.2, 0.25) is 0 Å². The third-order valence-corrected chi connectivity index (χ3v) is 3.41. The summed E-state index contributed by atoms with van der Waals surface area (Å²) in [5.74, 6) is 0.291. The molecule has 0 spiro atoms. The molecule has 1 nitrogen and oxygen atoms in total. The molecule has 0 aliphatic carbocycles. The first-order valence-electron chi connectivity index (χ1n) is 4.39. The van der Waals surface area contributed by atoms with Crippen LogP contribution in [-0.2, 0) is 0 Å². The van der Waals surface area contributed by atoms with Crippen molar-refractivity contribution in [2.75, 3.05) is 5.33 Å². The zero-order valence-corrected chi connectivity index (χ0v) is 10.1. The summed E-state index contributed by atoms with van der Waals surface area (Å²) in [4.78, 5) is 13.6. The van der Waals surface area contributed by atoms with E-state index in [1.165, 1.54) is 4.88 Å². The van der Waals surface area contributed by atoms with Crippen molar-refractivity contribution >= 4 is 33.0 Å². The minimum Gasteiger partial charge on any atom is -0.293 e. The van der Waals surface area contributed by atoms with Gasteiger partial charge in [0.1, 0.15) is 0 Å². The average molecular weight is 261 g/mol. The Labute approximate surface area is 91.3 Å². The van der Waals surface area contributed by atoms with Crippen LogP contribution in [0.15, 0.2) is 12.1 Å². The molecule has 0 saturated heterocycles. The van der Waals surface area contributed by atoms with Crippen LogP contribution in [0.5, 0.6) is 0 Å². The second-order valence-electron chi connectivity index (χ2n) is 2.98. The van der Waals surface area contributed by atoms with Crippen LogP contribution in [0.1, 0.15) is 33.8 Å². The highest BCUT2D eigenvalue weighted by Crippen LogP contribution is 2.17. The number of halogens is 1. The molecule has 0 N–H and O–H groups in total. The van der Waals surface area contributed by atoms with Gasteiger partial charge in [0.05, 0.1) is 4.88 Å². The molecule has 1 rings (SSSR count). The smallest absolute Gasteiger partial charge is 0.172 e. The third-order valence-electron chi connectivity index (χ3n) is 1.80. The van der Waals surface area contributed by atoms with E-state index in [0.29, 0.717) is 12.2 Å². The van der Waals surface area contributed by atoms with Crippen molar-refractivity contribution in [3.05, 3.63) is 21.9 Å². The highest BCUT2D eigenvalue weighted by Gasteiger charge is 2.06. The zero-order valence-electron chi connectivity index (χ0n) is 7.68. The number of ketones is 1. The lowest BCUT2D eigenvalue weighted by Gasteiger charge is -1.95. The van der Waals surface area contributed by atoms with E-state index < -0.39 is 0 Å². The normalized spacial score (nSPS) is 10.3. The number of rotatable bonds is 5. The van der Waals surface area contributed by atoms with Gasteiger partial charge in [-0.15, -0.1) is 11.3 Å². The van der Waals surface area contributed by atoms with E-state index in [0.717, 1.165) is 23.0 Å². The maximum absolute atomic E-state index is 11.5. The van der Waals surface area contributed by atoms with Crippen molar-refractivity contribution < 1.29 is 4.79 Å². The Hall–Kier alpha value is -0.150. The Morgan fingerprint density at radius 2 is 2.23 bits per heavy atom. The highest BCUT2D eigenvalue weighted by molar-refractivity contribution is 9.09. The van der Waals surface area contributed by atoms with Gasteiger partial charge in [0, 0.05) is 16.6 Å². The summed E-state index contributed by atoms with van der Waals surface area (Å²) in [6.45, 7) is 2.03. The number of unbranched alkanes of at least 4 members (excludes halogenated alkanes) is 1. The van der Waals surface area contributed by atoms with Crippen molar-refractivity contribution in [3.63, 3.8) is 0 Å². The van der Waals surface area contributed by atoms with Crippen LogP contribution >= 0.6 is 27.3 Å². The molecule has 0 unspecified atom stereocenters. The predicted molar refractivity (Wildman–Crippen MR) is 61.0 cm³/mol. The summed E-state index contributed by atoms with van der Waals surface area (Å²) in [6, 6.07) is 3.93. The predicted octanol–water partition coefficient (Wildman–Crippen LogP) is 3.80. The Balaban J connectivity index is 2.40. The Morgan fingerprint density at radius 1 is 1.46 bits per heavy atom. The Bertz CT molecular complexity index is 280. The molecule has 1 aromatic rings. The molecular formula is C10H13BrOS. The fraction of sp³-hybridized carbons (Fsp3) is 0.500. The van der Waals surface area contributed by atoms with Crippen LogP contribution < -0.4 is 0 Å². The second kappa shape index (κ2) is 5.55. The fourth-order valence-corrected chi connectivity index (χ4v) is 2.32. The lowest BCUT2D eigenvalue weighted by atomic mass is 10.1. The highest BCUT2D eigenvalue weighted by atomic mass is 79.9. The fourth-order valence-electron chi connectivity index (χ4n) is 1.09. The standard InChI is InChI=1S/C10H13BrOS/c1-8-5-6-10(13-8)9(12)4-2-3-7-11/h5-6H,2-4,7H2,1H3. The third kappa shape index (κ3) is 3.61. The van der Waals surface area contributed by atoms with Crippen LogP contribution in [0.2, 0.25) is 0 Å². The van der Waals surface area contributed by atoms with Crippen molar-refractivity contribution in [2.45, 2.75) is 26.2 Å². The van der Waals surface area contributed by atoms with Gasteiger partial charge in [-0.05, 0) is 31.9 Å². The van der Waals surface area contributed by atoms with E-state index in [-0.39, 0.29) is 0 Å². The van der Waals surface area contributed by atoms with Gasteiger partial charge in [-0.2, -0.15) is 0 Å². The first-order valence-corrected chi connectivity index (χ1v) is 6.33. The minimum absolute atomic E-state index is 0.291. The van der Waals surface area contributed by atoms with E-state index in [1.54, 1.807) is 11.3 Å². The van der Waals surface area contributed by atoms with Gasteiger partial charge in [0.15, 0.2) is 5.78 Å². The van der Waals surface area contributed by atoms with Gasteiger partial charge < -0.3 is 0 Å². The molecule has 3 heteroatoms. The van der Waals surface area contributed by atoms with Crippen LogP contribution in [-0.4, -0.2) is 11.1 Å². The summed E-state index contributed by atoms with van der Waals surface area (Å²) >= 11 is 4.94. The molecule has 0 aliphatic rings. The number of thiophene rings is 1. The molecule has 1 aromatic heterocycles. The molecule has 0 bridgehead atoms. The average Bonchev–Trinajstić information content (AvgIpc) is 2.52. The first kappa shape index (κ1) is 10.9. The summed E-state index contributed by atoms with van der Waals surface area (Å²) in [6.07, 6.45) is 2.75. The molecule has 0 radical (unpaired) electrons. The SMILES string of the molecule is Cc1ccc(C(=O)CCCCBr)s1. The van der Waals surface area contributed by atoms with Crippen molar-refractivity contribution in [3.8, 4) is 0 Å². The number of hydrogen-bond acceptors (Lipinski definition) is 2. The minimum atomic E-state index is 0.291. The van der Waals surface area contributed by atoms with Gasteiger partial charge in [0.25, 0.3) is 0 Å². The molecule has 72 valence electrons. The quantitative estimate of drug-likeness (QED) is 0.447. The molecule has 0 saturated carbocycles. The summed E-state index contributed by atoms with van der Waals surface area (Å²) in [5, 5.41) is 0.990. The molecule has 0 aromatic carbocycles. The first-order chi connectivity index (χ1) is 6.24. The number of hydrogen-bond donors (Lipinski definition) is 0. The maximum Gasteiger partial charge on any atom is 0.172 e. The molecule has 0 atom stereocenters. The lowest BCUT2D eigenvalue weighted by Crippen LogP contribution is -1.95. The topological polar surface area (TPSA) is 17.1 Å². The van der Waals surface area contributed by atoms with Crippen molar-refractivity contribution in [2.24, 2.45) is 0 Å². The van der Waals surface area contributed by atoms with Crippen molar-refractivity contribution in [1.29, 1.82) is 0 Å². The zero-order chi connectivity index (χ0) is 9.68. The van der Waals surface area contributed by atoms with Gasteiger partial charge in [-0.3, -0.25) is 4.79 Å². The largest absolute Gasteiger partial charge is 0.293 e. The number of carbonyl (C=O) groups excluding carboxylic acids is 1. The lowest BCUT2D eigenvalue weighted by molar-refractivity contribution is 0.0984.